The van der Waals surface area contributed by atoms with Gasteiger partial charge in [-0.2, -0.15) is 0 Å². The molecule has 1 aromatic carbocycles. The average molecular weight is 196 g/mol. The maximum Gasteiger partial charge on any atom is 0.123 e. The molecule has 14 heavy (non-hydrogen) atoms. The lowest BCUT2D eigenvalue weighted by molar-refractivity contribution is 0.559. The van der Waals surface area contributed by atoms with E-state index in [1.807, 2.05) is 0 Å². The lowest BCUT2D eigenvalue weighted by atomic mass is 10.1. The van der Waals surface area contributed by atoms with E-state index in [0.29, 0.717) is 6.54 Å². The van der Waals surface area contributed by atoms with Gasteiger partial charge in [-0.1, -0.05) is 12.1 Å². The molecule has 0 unspecified atom stereocenters. The maximum absolute atomic E-state index is 12.6. The molecule has 78 valence electrons. The number of nitrogens with two attached hydrogens (primary N) is 1. The summed E-state index contributed by atoms with van der Waals surface area (Å²) in [5.41, 5.74) is 6.48. The second kappa shape index (κ2) is 5.73. The van der Waals surface area contributed by atoms with Crippen LogP contribution < -0.4 is 11.1 Å². The van der Waals surface area contributed by atoms with Crippen LogP contribution in [-0.4, -0.2) is 13.1 Å². The minimum Gasteiger partial charge on any atom is -0.330 e. The van der Waals surface area contributed by atoms with Gasteiger partial charge in [0.15, 0.2) is 0 Å². The highest BCUT2D eigenvalue weighted by Gasteiger charge is 2.03. The van der Waals surface area contributed by atoms with Crippen molar-refractivity contribution in [2.45, 2.75) is 19.4 Å². The van der Waals surface area contributed by atoms with Gasteiger partial charge in [0.05, 0.1) is 0 Å². The van der Waals surface area contributed by atoms with Crippen LogP contribution in [-0.2, 0) is 0 Å². The molecule has 3 heteroatoms. The molecule has 0 amide bonds. The molecule has 2 nitrogen and oxygen atoms in total. The molecule has 0 aliphatic carbocycles. The van der Waals surface area contributed by atoms with Gasteiger partial charge in [0.25, 0.3) is 0 Å². The van der Waals surface area contributed by atoms with Crippen molar-refractivity contribution in [3.05, 3.63) is 35.6 Å². The van der Waals surface area contributed by atoms with Crippen LogP contribution in [0.3, 0.4) is 0 Å². The van der Waals surface area contributed by atoms with E-state index in [9.17, 15) is 4.39 Å². The highest BCUT2D eigenvalue weighted by atomic mass is 19.1. The summed E-state index contributed by atoms with van der Waals surface area (Å²) in [6.45, 7) is 3.65. The van der Waals surface area contributed by atoms with Crippen LogP contribution in [0, 0.1) is 5.82 Å². The zero-order valence-corrected chi connectivity index (χ0v) is 8.46. The lowest BCUT2D eigenvalue weighted by Gasteiger charge is -2.13. The summed E-state index contributed by atoms with van der Waals surface area (Å²) >= 11 is 0. The third-order valence-electron chi connectivity index (χ3n) is 2.20. The number of benzene rings is 1. The Labute approximate surface area is 84.3 Å². The summed E-state index contributed by atoms with van der Waals surface area (Å²) in [5.74, 6) is -0.192. The standard InChI is InChI=1S/C11H17FN2/c1-9(14-8-2-7-13)10-3-5-11(12)6-4-10/h3-6,9,14H,2,7-8,13H2,1H3/t9-/m1/s1. The van der Waals surface area contributed by atoms with E-state index in [4.69, 9.17) is 5.73 Å². The smallest absolute Gasteiger partial charge is 0.123 e. The topological polar surface area (TPSA) is 38.0 Å². The summed E-state index contributed by atoms with van der Waals surface area (Å²) in [6.07, 6.45) is 0.964. The monoisotopic (exact) mass is 196 g/mol. The third kappa shape index (κ3) is 3.44. The second-order valence-corrected chi connectivity index (χ2v) is 3.37. The van der Waals surface area contributed by atoms with E-state index >= 15 is 0 Å². The third-order valence-corrected chi connectivity index (χ3v) is 2.20. The molecule has 1 atom stereocenters. The Morgan fingerprint density at radius 2 is 2.00 bits per heavy atom. The molecule has 0 saturated carbocycles. The van der Waals surface area contributed by atoms with Gasteiger partial charge < -0.3 is 11.1 Å². The molecular formula is C11H17FN2. The lowest BCUT2D eigenvalue weighted by Crippen LogP contribution is -2.21. The fraction of sp³-hybridized carbons (Fsp3) is 0.455. The SMILES string of the molecule is C[C@@H](NCCCN)c1ccc(F)cc1. The fourth-order valence-electron chi connectivity index (χ4n) is 1.29. The molecule has 0 saturated heterocycles. The first-order valence-electron chi connectivity index (χ1n) is 4.93. The second-order valence-electron chi connectivity index (χ2n) is 3.37. The minimum atomic E-state index is -0.192. The first-order valence-corrected chi connectivity index (χ1v) is 4.93. The number of rotatable bonds is 5. The van der Waals surface area contributed by atoms with Gasteiger partial charge in [0, 0.05) is 6.04 Å². The number of hydrogen-bond acceptors (Lipinski definition) is 2. The van der Waals surface area contributed by atoms with Crippen molar-refractivity contribution < 1.29 is 4.39 Å². The Kier molecular flexibility index (Phi) is 4.56. The van der Waals surface area contributed by atoms with Crippen molar-refractivity contribution in [1.29, 1.82) is 0 Å². The Balaban J connectivity index is 2.43. The molecule has 0 heterocycles. The van der Waals surface area contributed by atoms with Crippen molar-refractivity contribution >= 4 is 0 Å². The van der Waals surface area contributed by atoms with Crippen molar-refractivity contribution in [2.75, 3.05) is 13.1 Å². The summed E-state index contributed by atoms with van der Waals surface area (Å²) in [6, 6.07) is 6.82. The van der Waals surface area contributed by atoms with Crippen LogP contribution >= 0.6 is 0 Å². The molecule has 0 bridgehead atoms. The van der Waals surface area contributed by atoms with E-state index in [0.717, 1.165) is 18.5 Å². The van der Waals surface area contributed by atoms with E-state index in [1.54, 1.807) is 12.1 Å². The number of halogens is 1. The highest BCUT2D eigenvalue weighted by molar-refractivity contribution is 5.19. The van der Waals surface area contributed by atoms with Gasteiger partial charge in [0.1, 0.15) is 5.82 Å². The highest BCUT2D eigenvalue weighted by Crippen LogP contribution is 2.12. The van der Waals surface area contributed by atoms with Crippen LogP contribution in [0.25, 0.3) is 0 Å². The molecule has 1 rings (SSSR count). The molecule has 1 aromatic rings. The Morgan fingerprint density at radius 1 is 1.36 bits per heavy atom. The number of hydrogen-bond donors (Lipinski definition) is 2. The van der Waals surface area contributed by atoms with E-state index in [1.165, 1.54) is 12.1 Å². The van der Waals surface area contributed by atoms with Gasteiger partial charge in [-0.3, -0.25) is 0 Å². The predicted octanol–water partition coefficient (Wildman–Crippen LogP) is 1.83. The molecule has 0 spiro atoms. The minimum absolute atomic E-state index is 0.192. The molecule has 0 radical (unpaired) electrons. The molecule has 0 fully saturated rings. The van der Waals surface area contributed by atoms with E-state index in [-0.39, 0.29) is 11.9 Å². The summed E-state index contributed by atoms with van der Waals surface area (Å²) in [7, 11) is 0. The molecule has 0 aliphatic rings. The van der Waals surface area contributed by atoms with Gasteiger partial charge in [-0.05, 0) is 44.1 Å². The van der Waals surface area contributed by atoms with Crippen LogP contribution in [0.1, 0.15) is 24.9 Å². The van der Waals surface area contributed by atoms with Gasteiger partial charge in [-0.15, -0.1) is 0 Å². The Morgan fingerprint density at radius 3 is 2.57 bits per heavy atom. The molecule has 0 aromatic heterocycles. The van der Waals surface area contributed by atoms with Crippen LogP contribution in [0.2, 0.25) is 0 Å². The van der Waals surface area contributed by atoms with Crippen molar-refractivity contribution in [2.24, 2.45) is 5.73 Å². The predicted molar refractivity (Wildman–Crippen MR) is 56.5 cm³/mol. The Hall–Kier alpha value is -0.930. The van der Waals surface area contributed by atoms with Gasteiger partial charge in [0.2, 0.25) is 0 Å². The number of nitrogens with one attached hydrogen (secondary N) is 1. The maximum atomic E-state index is 12.6. The van der Waals surface area contributed by atoms with E-state index < -0.39 is 0 Å². The molecule has 0 aliphatic heterocycles. The first-order chi connectivity index (χ1) is 6.74. The van der Waals surface area contributed by atoms with Crippen molar-refractivity contribution in [3.63, 3.8) is 0 Å². The quantitative estimate of drug-likeness (QED) is 0.705. The van der Waals surface area contributed by atoms with Gasteiger partial charge >= 0.3 is 0 Å². The average Bonchev–Trinajstić information content (AvgIpc) is 2.19. The van der Waals surface area contributed by atoms with Crippen LogP contribution in [0.15, 0.2) is 24.3 Å². The van der Waals surface area contributed by atoms with Crippen molar-refractivity contribution in [1.82, 2.24) is 5.32 Å². The van der Waals surface area contributed by atoms with E-state index in [2.05, 4.69) is 12.2 Å². The van der Waals surface area contributed by atoms with Crippen molar-refractivity contribution in [3.8, 4) is 0 Å². The largest absolute Gasteiger partial charge is 0.330 e. The summed E-state index contributed by atoms with van der Waals surface area (Å²) < 4.78 is 12.6. The van der Waals surface area contributed by atoms with Gasteiger partial charge in [-0.25, -0.2) is 4.39 Å². The molecular weight excluding hydrogens is 179 g/mol. The van der Waals surface area contributed by atoms with Crippen LogP contribution in [0.5, 0.6) is 0 Å². The zero-order valence-electron chi connectivity index (χ0n) is 8.46. The zero-order chi connectivity index (χ0) is 10.4. The summed E-state index contributed by atoms with van der Waals surface area (Å²) in [4.78, 5) is 0. The van der Waals surface area contributed by atoms with Crippen LogP contribution in [0.4, 0.5) is 4.39 Å². The molecule has 3 N–H and O–H groups in total. The summed E-state index contributed by atoms with van der Waals surface area (Å²) in [5, 5.41) is 3.32. The Bertz CT molecular complexity index is 258. The fourth-order valence-corrected chi connectivity index (χ4v) is 1.29. The normalized spacial score (nSPS) is 12.8. The first kappa shape index (κ1) is 11.1.